The molecule has 0 fully saturated rings. The largest absolute Gasteiger partial charge is 0.466 e. The monoisotopic (exact) mass is 154 g/mol. The predicted octanol–water partition coefficient (Wildman–Crippen LogP) is 0.486. The molecule has 0 aliphatic heterocycles. The minimum atomic E-state index is -0.339. The number of esters is 1. The molecule has 2 radical (unpaired) electrons. The zero-order valence-corrected chi connectivity index (χ0v) is 6.63. The van der Waals surface area contributed by atoms with Crippen molar-refractivity contribution in [3.63, 3.8) is 0 Å². The van der Waals surface area contributed by atoms with Crippen molar-refractivity contribution in [2.75, 3.05) is 6.61 Å². The first-order chi connectivity index (χ1) is 5.20. The van der Waals surface area contributed by atoms with E-state index in [-0.39, 0.29) is 30.9 Å². The zero-order chi connectivity index (χ0) is 8.69. The van der Waals surface area contributed by atoms with E-state index in [9.17, 15) is 9.59 Å². The van der Waals surface area contributed by atoms with Crippen molar-refractivity contribution in [3.8, 4) is 0 Å². The highest BCUT2D eigenvalue weighted by Crippen LogP contribution is 1.95. The Kier molecular flexibility index (Phi) is 5.52. The van der Waals surface area contributed by atoms with Gasteiger partial charge in [0.2, 0.25) is 0 Å². The normalized spacial score (nSPS) is 9.18. The van der Waals surface area contributed by atoms with E-state index >= 15 is 0 Å². The van der Waals surface area contributed by atoms with Gasteiger partial charge in [-0.1, -0.05) is 0 Å². The first-order valence-corrected chi connectivity index (χ1v) is 3.58. The number of Topliss-reactive ketones (excluding diaryl/α,β-unsaturated/α-hetero) is 1. The first-order valence-electron chi connectivity index (χ1n) is 3.58. The van der Waals surface area contributed by atoms with Gasteiger partial charge in [-0.05, 0) is 13.2 Å². The van der Waals surface area contributed by atoms with Crippen LogP contribution < -0.4 is 0 Å². The Morgan fingerprint density at radius 1 is 1.36 bits per heavy atom. The summed E-state index contributed by atoms with van der Waals surface area (Å²) in [4.78, 5) is 21.2. The molecule has 11 heavy (non-hydrogen) atoms. The van der Waals surface area contributed by atoms with E-state index in [2.05, 4.69) is 4.74 Å². The van der Waals surface area contributed by atoms with Crippen molar-refractivity contribution in [2.45, 2.75) is 26.1 Å². The number of carbonyl (C=O) groups is 2. The van der Waals surface area contributed by atoms with E-state index in [4.69, 9.17) is 7.85 Å². The summed E-state index contributed by atoms with van der Waals surface area (Å²) in [5, 5.41) is 0. The molecule has 0 aliphatic carbocycles. The molecule has 0 rings (SSSR count). The molecule has 0 amide bonds. The van der Waals surface area contributed by atoms with Crippen molar-refractivity contribution < 1.29 is 14.3 Å². The molecule has 0 spiro atoms. The number of hydrogen-bond donors (Lipinski definition) is 0. The van der Waals surface area contributed by atoms with Gasteiger partial charge >= 0.3 is 5.97 Å². The van der Waals surface area contributed by atoms with Crippen molar-refractivity contribution >= 4 is 19.6 Å². The van der Waals surface area contributed by atoms with Crippen molar-refractivity contribution in [2.24, 2.45) is 0 Å². The molecule has 0 heterocycles. The number of ether oxygens (including phenoxy) is 1. The summed E-state index contributed by atoms with van der Waals surface area (Å²) in [5.41, 5.74) is 0. The molecule has 0 saturated heterocycles. The summed E-state index contributed by atoms with van der Waals surface area (Å²) >= 11 is 0. The van der Waals surface area contributed by atoms with Crippen LogP contribution in [0.15, 0.2) is 0 Å². The van der Waals surface area contributed by atoms with Crippen LogP contribution in [0.3, 0.4) is 0 Å². The lowest BCUT2D eigenvalue weighted by molar-refractivity contribution is -0.144. The highest BCUT2D eigenvalue weighted by molar-refractivity contribution is 6.20. The highest BCUT2D eigenvalue weighted by atomic mass is 16.5. The van der Waals surface area contributed by atoms with E-state index in [1.165, 1.54) is 0 Å². The molecule has 0 aliphatic rings. The van der Waals surface area contributed by atoms with Gasteiger partial charge in [-0.25, -0.2) is 0 Å². The van der Waals surface area contributed by atoms with Crippen LogP contribution in [0.2, 0.25) is 6.32 Å². The molecule has 0 saturated carbocycles. The van der Waals surface area contributed by atoms with Gasteiger partial charge in [-0.2, -0.15) is 0 Å². The summed E-state index contributed by atoms with van der Waals surface area (Å²) < 4.78 is 4.60. The summed E-state index contributed by atoms with van der Waals surface area (Å²) in [6, 6.07) is 0. The molecule has 0 N–H and O–H groups in total. The van der Waals surface area contributed by atoms with Crippen molar-refractivity contribution in [1.82, 2.24) is 0 Å². The van der Waals surface area contributed by atoms with Crippen LogP contribution in [0.1, 0.15) is 19.8 Å². The predicted molar refractivity (Wildman–Crippen MR) is 41.4 cm³/mol. The zero-order valence-electron chi connectivity index (χ0n) is 6.63. The van der Waals surface area contributed by atoms with Crippen molar-refractivity contribution in [3.05, 3.63) is 0 Å². The quantitative estimate of drug-likeness (QED) is 0.427. The Bertz CT molecular complexity index is 145. The molecular formula is C7H11BO3. The van der Waals surface area contributed by atoms with Crippen LogP contribution in [0.25, 0.3) is 0 Å². The minimum absolute atomic E-state index is 0.000590. The van der Waals surface area contributed by atoms with Gasteiger partial charge in [-0.3, -0.25) is 4.79 Å². The lowest BCUT2D eigenvalue weighted by Gasteiger charge is -1.99. The van der Waals surface area contributed by atoms with Gasteiger partial charge < -0.3 is 9.53 Å². The Balaban J connectivity index is 3.38. The fourth-order valence-corrected chi connectivity index (χ4v) is 0.577. The van der Waals surface area contributed by atoms with Crippen LogP contribution in [0, 0.1) is 0 Å². The van der Waals surface area contributed by atoms with Gasteiger partial charge in [0.1, 0.15) is 5.78 Å². The summed E-state index contributed by atoms with van der Waals surface area (Å²) in [7, 11) is 5.03. The van der Waals surface area contributed by atoms with Gasteiger partial charge in [0.15, 0.2) is 0 Å². The van der Waals surface area contributed by atoms with E-state index in [1.807, 2.05) is 0 Å². The smallest absolute Gasteiger partial charge is 0.306 e. The number of ketones is 1. The maximum Gasteiger partial charge on any atom is 0.306 e. The van der Waals surface area contributed by atoms with Gasteiger partial charge in [0.25, 0.3) is 0 Å². The topological polar surface area (TPSA) is 43.4 Å². The summed E-state index contributed by atoms with van der Waals surface area (Å²) in [6.07, 6.45) is 0.332. The Labute approximate surface area is 67.5 Å². The van der Waals surface area contributed by atoms with Gasteiger partial charge in [-0.15, -0.1) is 0 Å². The lowest BCUT2D eigenvalue weighted by atomic mass is 9.98. The molecule has 0 unspecified atom stereocenters. The molecule has 3 nitrogen and oxygen atoms in total. The lowest BCUT2D eigenvalue weighted by Crippen LogP contribution is -2.07. The Morgan fingerprint density at radius 2 is 2.00 bits per heavy atom. The van der Waals surface area contributed by atoms with Crippen LogP contribution in [0.4, 0.5) is 0 Å². The highest BCUT2D eigenvalue weighted by Gasteiger charge is 2.04. The fourth-order valence-electron chi connectivity index (χ4n) is 0.577. The maximum atomic E-state index is 10.6. The molecular weight excluding hydrogens is 143 g/mol. The van der Waals surface area contributed by atoms with E-state index in [0.717, 1.165) is 0 Å². The average molecular weight is 154 g/mol. The SMILES string of the molecule is [B]CC(=O)CCC(=O)OCC. The molecule has 0 bridgehead atoms. The summed E-state index contributed by atoms with van der Waals surface area (Å²) in [5.74, 6) is -0.452. The molecule has 60 valence electrons. The van der Waals surface area contributed by atoms with Gasteiger partial charge in [0.05, 0.1) is 20.9 Å². The van der Waals surface area contributed by atoms with Gasteiger partial charge in [0, 0.05) is 6.42 Å². The van der Waals surface area contributed by atoms with E-state index < -0.39 is 0 Å². The van der Waals surface area contributed by atoms with Crippen LogP contribution in [-0.4, -0.2) is 26.2 Å². The van der Waals surface area contributed by atoms with Crippen molar-refractivity contribution in [1.29, 1.82) is 0 Å². The molecule has 0 aromatic carbocycles. The third-order valence-corrected chi connectivity index (χ3v) is 1.14. The first kappa shape index (κ1) is 10.2. The molecule has 4 heteroatoms. The minimum Gasteiger partial charge on any atom is -0.466 e. The van der Waals surface area contributed by atoms with E-state index in [1.54, 1.807) is 6.92 Å². The second kappa shape index (κ2) is 5.95. The third kappa shape index (κ3) is 5.64. The molecule has 0 atom stereocenters. The number of rotatable bonds is 5. The Hall–Kier alpha value is -0.795. The Morgan fingerprint density at radius 3 is 2.45 bits per heavy atom. The third-order valence-electron chi connectivity index (χ3n) is 1.14. The molecule has 0 aromatic rings. The second-order valence-corrected chi connectivity index (χ2v) is 2.05. The number of carbonyl (C=O) groups excluding carboxylic acids is 2. The van der Waals surface area contributed by atoms with Crippen LogP contribution in [-0.2, 0) is 14.3 Å². The van der Waals surface area contributed by atoms with Crippen LogP contribution in [0.5, 0.6) is 0 Å². The van der Waals surface area contributed by atoms with Crippen LogP contribution >= 0.6 is 0 Å². The van der Waals surface area contributed by atoms with E-state index in [0.29, 0.717) is 6.61 Å². The molecule has 0 aromatic heterocycles. The maximum absolute atomic E-state index is 10.6. The standard InChI is InChI=1S/C7H11BO3/c1-2-11-7(10)4-3-6(9)5-8/h2-5H2,1H3. The fraction of sp³-hybridized carbons (Fsp3) is 0.714. The number of hydrogen-bond acceptors (Lipinski definition) is 3. The summed E-state index contributed by atoms with van der Waals surface area (Å²) in [6.45, 7) is 2.08. The average Bonchev–Trinajstić information content (AvgIpc) is 2.01. The second-order valence-electron chi connectivity index (χ2n) is 2.05.